The van der Waals surface area contributed by atoms with Crippen molar-refractivity contribution >= 4 is 23.4 Å². The van der Waals surface area contributed by atoms with Crippen LogP contribution >= 0.6 is 11.8 Å². The summed E-state index contributed by atoms with van der Waals surface area (Å²) in [5.41, 5.74) is -0.0360. The highest BCUT2D eigenvalue weighted by Crippen LogP contribution is 2.38. The molecule has 0 spiro atoms. The van der Waals surface area contributed by atoms with E-state index in [0.29, 0.717) is 17.9 Å². The van der Waals surface area contributed by atoms with Crippen LogP contribution in [-0.2, 0) is 16.4 Å². The van der Waals surface area contributed by atoms with E-state index >= 15 is 0 Å². The van der Waals surface area contributed by atoms with Crippen LogP contribution in [-0.4, -0.2) is 16.6 Å². The third-order valence-corrected chi connectivity index (χ3v) is 5.32. The lowest BCUT2D eigenvalue weighted by Crippen LogP contribution is -2.18. The lowest BCUT2D eigenvalue weighted by molar-refractivity contribution is -0.138. The van der Waals surface area contributed by atoms with Crippen molar-refractivity contribution in [3.05, 3.63) is 52.7 Å². The first-order chi connectivity index (χ1) is 13.9. The monoisotopic (exact) mass is 435 g/mol. The van der Waals surface area contributed by atoms with Gasteiger partial charge in [-0.25, -0.2) is 4.98 Å². The minimum absolute atomic E-state index is 0.0522. The summed E-state index contributed by atoms with van der Waals surface area (Å²) in [6.45, 7) is 7.23. The van der Waals surface area contributed by atoms with Gasteiger partial charge in [-0.2, -0.15) is 18.4 Å². The molecule has 0 fully saturated rings. The zero-order valence-corrected chi connectivity index (χ0v) is 18.2. The van der Waals surface area contributed by atoms with Crippen molar-refractivity contribution in [2.45, 2.75) is 57.2 Å². The molecule has 4 nitrogen and oxygen atoms in total. The minimum Gasteiger partial charge on any atom is -0.326 e. The van der Waals surface area contributed by atoms with Crippen LogP contribution in [0.15, 0.2) is 35.4 Å². The Hall–Kier alpha value is -2.53. The van der Waals surface area contributed by atoms with Gasteiger partial charge in [-0.1, -0.05) is 32.9 Å². The number of thioether (sulfide) groups is 1. The Balaban J connectivity index is 2.08. The topological polar surface area (TPSA) is 65.8 Å². The predicted molar refractivity (Wildman–Crippen MR) is 112 cm³/mol. The third-order valence-electron chi connectivity index (χ3n) is 4.26. The number of hydrogen-bond donors (Lipinski definition) is 1. The molecule has 1 heterocycles. The zero-order chi connectivity index (χ0) is 22.5. The van der Waals surface area contributed by atoms with E-state index in [4.69, 9.17) is 0 Å². The van der Waals surface area contributed by atoms with Gasteiger partial charge in [0, 0.05) is 29.0 Å². The number of benzene rings is 1. The van der Waals surface area contributed by atoms with E-state index in [0.717, 1.165) is 23.4 Å². The maximum Gasteiger partial charge on any atom is 0.417 e. The fourth-order valence-corrected chi connectivity index (χ4v) is 3.63. The number of hydrogen-bond acceptors (Lipinski definition) is 4. The van der Waals surface area contributed by atoms with Crippen LogP contribution in [0.1, 0.15) is 56.0 Å². The number of nitrogens with zero attached hydrogens (tertiary/aromatic N) is 2. The first-order valence-electron chi connectivity index (χ1n) is 9.44. The zero-order valence-electron chi connectivity index (χ0n) is 17.4. The number of rotatable bonds is 6. The van der Waals surface area contributed by atoms with Crippen LogP contribution in [0.3, 0.4) is 0 Å². The Morgan fingerprint density at radius 1 is 1.23 bits per heavy atom. The number of anilines is 1. The quantitative estimate of drug-likeness (QED) is 0.440. The largest absolute Gasteiger partial charge is 0.417 e. The maximum atomic E-state index is 13.5. The lowest BCUT2D eigenvalue weighted by Gasteiger charge is -2.21. The van der Waals surface area contributed by atoms with Crippen LogP contribution < -0.4 is 5.32 Å². The normalized spacial score (nSPS) is 11.8. The first kappa shape index (κ1) is 23.7. The number of amides is 1. The van der Waals surface area contributed by atoms with Gasteiger partial charge < -0.3 is 5.32 Å². The van der Waals surface area contributed by atoms with Gasteiger partial charge in [0.05, 0.1) is 11.1 Å². The van der Waals surface area contributed by atoms with E-state index in [2.05, 4.69) is 10.3 Å². The Morgan fingerprint density at radius 2 is 1.93 bits per heavy atom. The van der Waals surface area contributed by atoms with E-state index in [1.165, 1.54) is 0 Å². The maximum absolute atomic E-state index is 13.5. The van der Waals surface area contributed by atoms with Gasteiger partial charge in [0.1, 0.15) is 11.1 Å². The molecule has 0 aliphatic carbocycles. The molecule has 1 aromatic heterocycles. The summed E-state index contributed by atoms with van der Waals surface area (Å²) in [6, 6.07) is 10.0. The first-order valence-corrected chi connectivity index (χ1v) is 10.4. The molecule has 0 aliphatic rings. The van der Waals surface area contributed by atoms with Crippen molar-refractivity contribution in [2.75, 3.05) is 11.1 Å². The van der Waals surface area contributed by atoms with Gasteiger partial charge in [-0.3, -0.25) is 4.79 Å². The number of aromatic nitrogens is 1. The van der Waals surface area contributed by atoms with Crippen LogP contribution in [0.4, 0.5) is 18.9 Å². The predicted octanol–water partition coefficient (Wildman–Crippen LogP) is 6.09. The summed E-state index contributed by atoms with van der Waals surface area (Å²) in [5, 5.41) is 12.2. The average Bonchev–Trinajstić information content (AvgIpc) is 2.63. The second-order valence-electron chi connectivity index (χ2n) is 7.96. The Kier molecular flexibility index (Phi) is 7.54. The molecular weight excluding hydrogens is 411 g/mol. The van der Waals surface area contributed by atoms with Gasteiger partial charge >= 0.3 is 6.18 Å². The van der Waals surface area contributed by atoms with Crippen LogP contribution in [0, 0.1) is 18.3 Å². The van der Waals surface area contributed by atoms with Crippen molar-refractivity contribution in [1.29, 1.82) is 5.26 Å². The number of alkyl halides is 3. The Morgan fingerprint density at radius 3 is 2.50 bits per heavy atom. The SMILES string of the molecule is Cc1cccc(NC(=O)CCCSc2nc(C(C)(C)C)cc(C(F)(F)F)c2C#N)c1. The second-order valence-corrected chi connectivity index (χ2v) is 9.05. The smallest absolute Gasteiger partial charge is 0.326 e. The molecule has 30 heavy (non-hydrogen) atoms. The fourth-order valence-electron chi connectivity index (χ4n) is 2.69. The summed E-state index contributed by atoms with van der Waals surface area (Å²) < 4.78 is 40.4. The molecule has 1 amide bonds. The van der Waals surface area contributed by atoms with Crippen molar-refractivity contribution in [1.82, 2.24) is 4.98 Å². The average molecular weight is 436 g/mol. The van der Waals surface area contributed by atoms with Gasteiger partial charge in [0.25, 0.3) is 0 Å². The van der Waals surface area contributed by atoms with Crippen molar-refractivity contribution in [2.24, 2.45) is 0 Å². The van der Waals surface area contributed by atoms with Gasteiger partial charge in [0.15, 0.2) is 0 Å². The standard InChI is InChI=1S/C22H24F3N3OS/c1-14-7-5-8-15(11-14)27-19(29)9-6-10-30-20-16(13-26)17(22(23,24)25)12-18(28-20)21(2,3)4/h5,7-8,11-12H,6,9-10H2,1-4H3,(H,27,29). The molecule has 160 valence electrons. The number of nitriles is 1. The van der Waals surface area contributed by atoms with E-state index in [-0.39, 0.29) is 23.0 Å². The highest BCUT2D eigenvalue weighted by atomic mass is 32.2. The summed E-state index contributed by atoms with van der Waals surface area (Å²) in [4.78, 5) is 16.4. The molecule has 8 heteroatoms. The molecule has 0 atom stereocenters. The Labute approximate surface area is 178 Å². The molecule has 1 N–H and O–H groups in total. The van der Waals surface area contributed by atoms with Gasteiger partial charge in [-0.15, -0.1) is 11.8 Å². The van der Waals surface area contributed by atoms with Gasteiger partial charge in [0.2, 0.25) is 5.91 Å². The number of pyridine rings is 1. The van der Waals surface area contributed by atoms with E-state index < -0.39 is 22.7 Å². The summed E-state index contributed by atoms with van der Waals surface area (Å²) in [6.07, 6.45) is -3.99. The number of halogens is 3. The molecule has 2 aromatic rings. The van der Waals surface area contributed by atoms with E-state index in [1.54, 1.807) is 32.9 Å². The molecule has 0 bridgehead atoms. The van der Waals surface area contributed by atoms with E-state index in [9.17, 15) is 23.2 Å². The molecule has 1 aromatic carbocycles. The minimum atomic E-state index is -4.64. The third kappa shape index (κ3) is 6.49. The highest BCUT2D eigenvalue weighted by Gasteiger charge is 2.37. The van der Waals surface area contributed by atoms with Gasteiger partial charge in [-0.05, 0) is 37.1 Å². The summed E-state index contributed by atoms with van der Waals surface area (Å²) in [7, 11) is 0. The molecule has 0 saturated heterocycles. The van der Waals surface area contributed by atoms with Crippen LogP contribution in [0.25, 0.3) is 0 Å². The van der Waals surface area contributed by atoms with E-state index in [1.807, 2.05) is 25.1 Å². The molecule has 0 radical (unpaired) electrons. The lowest BCUT2D eigenvalue weighted by atomic mass is 9.90. The molecule has 0 aliphatic heterocycles. The van der Waals surface area contributed by atoms with Crippen molar-refractivity contribution < 1.29 is 18.0 Å². The number of carbonyl (C=O) groups excluding carboxylic acids is 1. The van der Waals surface area contributed by atoms with Crippen molar-refractivity contribution in [3.63, 3.8) is 0 Å². The van der Waals surface area contributed by atoms with Crippen LogP contribution in [0.5, 0.6) is 0 Å². The molecule has 2 rings (SSSR count). The van der Waals surface area contributed by atoms with Crippen LogP contribution in [0.2, 0.25) is 0 Å². The summed E-state index contributed by atoms with van der Waals surface area (Å²) >= 11 is 1.07. The summed E-state index contributed by atoms with van der Waals surface area (Å²) in [5.74, 6) is 0.197. The van der Waals surface area contributed by atoms with Crippen molar-refractivity contribution in [3.8, 4) is 6.07 Å². The Bertz CT molecular complexity index is 960. The number of carbonyl (C=O) groups is 1. The number of aryl methyl sites for hydroxylation is 1. The number of nitrogens with one attached hydrogen (secondary N) is 1. The second kappa shape index (κ2) is 9.52. The molecular formula is C22H24F3N3OS. The molecule has 0 unspecified atom stereocenters. The molecule has 0 saturated carbocycles. The highest BCUT2D eigenvalue weighted by molar-refractivity contribution is 7.99. The fraction of sp³-hybridized carbons (Fsp3) is 0.409.